The van der Waals surface area contributed by atoms with Gasteiger partial charge >= 0.3 is 5.97 Å². The zero-order chi connectivity index (χ0) is 21.7. The fourth-order valence-corrected chi connectivity index (χ4v) is 2.94. The number of nitro benzene ring substituents is 1. The van der Waals surface area contributed by atoms with Gasteiger partial charge in [-0.1, -0.05) is 18.2 Å². The number of anilines is 1. The Labute approximate surface area is 171 Å². The monoisotopic (exact) mass is 413 g/mol. The average molecular weight is 413 g/mol. The van der Waals surface area contributed by atoms with Gasteiger partial charge < -0.3 is 24.8 Å². The lowest BCUT2D eigenvalue weighted by atomic mass is 10.2. The number of aliphatic hydroxyl groups is 1. The van der Waals surface area contributed by atoms with E-state index in [4.69, 9.17) is 14.6 Å². The number of carbonyl (C=O) groups is 2. The number of aliphatic hydroxyl groups excluding tert-OH is 1. The van der Waals surface area contributed by atoms with E-state index < -0.39 is 16.8 Å². The van der Waals surface area contributed by atoms with Crippen molar-refractivity contribution in [2.45, 2.75) is 0 Å². The fraction of sp³-hybridized carbons (Fsp3) is 0.200. The van der Waals surface area contributed by atoms with Crippen LogP contribution in [0.5, 0.6) is 11.5 Å². The fourth-order valence-electron chi connectivity index (χ4n) is 2.94. The van der Waals surface area contributed by atoms with Gasteiger partial charge in [0.2, 0.25) is 0 Å². The highest BCUT2D eigenvalue weighted by Crippen LogP contribution is 2.33. The first-order valence-corrected chi connectivity index (χ1v) is 8.94. The van der Waals surface area contributed by atoms with Gasteiger partial charge in [-0.25, -0.2) is 4.79 Å². The van der Waals surface area contributed by atoms with Gasteiger partial charge in [0.25, 0.3) is 11.6 Å². The lowest BCUT2D eigenvalue weighted by Gasteiger charge is -2.15. The number of ether oxygens (including phenoxy) is 2. The molecule has 0 spiro atoms. The first kappa shape index (κ1) is 20.8. The van der Waals surface area contributed by atoms with Crippen LogP contribution >= 0.6 is 0 Å². The zero-order valence-corrected chi connectivity index (χ0v) is 16.0. The minimum absolute atomic E-state index is 0.0102. The van der Waals surface area contributed by atoms with E-state index in [0.29, 0.717) is 5.75 Å². The summed E-state index contributed by atoms with van der Waals surface area (Å²) in [7, 11) is 1.17. The molecule has 0 saturated carbocycles. The van der Waals surface area contributed by atoms with Crippen molar-refractivity contribution in [1.29, 1.82) is 0 Å². The van der Waals surface area contributed by atoms with E-state index >= 15 is 0 Å². The number of β-amino-alcohol motifs (C(OH)–C–C–N with tert-alkyl or cyclic N) is 1. The van der Waals surface area contributed by atoms with E-state index in [-0.39, 0.29) is 48.1 Å². The Morgan fingerprint density at radius 2 is 1.97 bits per heavy atom. The third-order valence-corrected chi connectivity index (χ3v) is 4.36. The van der Waals surface area contributed by atoms with Crippen LogP contribution in [0, 0.1) is 10.1 Å². The van der Waals surface area contributed by atoms with Gasteiger partial charge in [0.1, 0.15) is 22.9 Å². The average Bonchev–Trinajstić information content (AvgIpc) is 3.05. The lowest BCUT2D eigenvalue weighted by Crippen LogP contribution is -2.31. The minimum atomic E-state index is -0.738. The molecule has 0 atom stereocenters. The third-order valence-electron chi connectivity index (χ3n) is 4.36. The summed E-state index contributed by atoms with van der Waals surface area (Å²) >= 11 is 0. The number of nitrogens with zero attached hydrogens (tertiary/aromatic N) is 2. The maximum Gasteiger partial charge on any atom is 0.337 e. The summed E-state index contributed by atoms with van der Waals surface area (Å²) in [6.45, 7) is -0.354. The van der Waals surface area contributed by atoms with E-state index in [1.165, 1.54) is 30.2 Å². The molecule has 0 radical (unpaired) electrons. The van der Waals surface area contributed by atoms with Crippen LogP contribution in [0.3, 0.4) is 0 Å². The van der Waals surface area contributed by atoms with Crippen LogP contribution in [0.15, 0.2) is 59.8 Å². The minimum Gasteiger partial charge on any atom is -0.466 e. The number of nitrogens with one attached hydrogen (secondary N) is 1. The van der Waals surface area contributed by atoms with E-state index in [1.54, 1.807) is 24.3 Å². The smallest absolute Gasteiger partial charge is 0.337 e. The SMILES string of the molecule is COC(=O)C1=C(Nc2ccc(Oc3ccccc3)cc2[N+](=O)[O-])C(=O)N(CCO)C1. The summed E-state index contributed by atoms with van der Waals surface area (Å²) in [4.78, 5) is 36.9. The molecule has 0 aliphatic carbocycles. The maximum atomic E-state index is 12.6. The molecule has 0 bridgehead atoms. The number of esters is 1. The number of amides is 1. The van der Waals surface area contributed by atoms with Crippen molar-refractivity contribution < 1.29 is 29.1 Å². The Hall–Kier alpha value is -3.92. The molecule has 1 aliphatic rings. The summed E-state index contributed by atoms with van der Waals surface area (Å²) < 4.78 is 10.3. The molecule has 3 rings (SSSR count). The lowest BCUT2D eigenvalue weighted by molar-refractivity contribution is -0.384. The van der Waals surface area contributed by atoms with Crippen molar-refractivity contribution in [3.63, 3.8) is 0 Å². The standard InChI is InChI=1S/C20H19N3O7/c1-29-20(26)15-12-22(9-10-24)19(25)18(15)21-16-8-7-14(11-17(16)23(27)28)30-13-5-3-2-4-6-13/h2-8,11,21,24H,9-10,12H2,1H3. The van der Waals surface area contributed by atoms with Gasteiger partial charge in [-0.2, -0.15) is 0 Å². The van der Waals surface area contributed by atoms with Crippen molar-refractivity contribution in [2.75, 3.05) is 32.1 Å². The Kier molecular flexibility index (Phi) is 6.28. The van der Waals surface area contributed by atoms with E-state index in [1.807, 2.05) is 6.07 Å². The number of hydrogen-bond acceptors (Lipinski definition) is 8. The van der Waals surface area contributed by atoms with Crippen molar-refractivity contribution in [3.8, 4) is 11.5 Å². The Morgan fingerprint density at radius 1 is 1.23 bits per heavy atom. The molecule has 0 saturated heterocycles. The van der Waals surface area contributed by atoms with Gasteiger partial charge in [-0.05, 0) is 24.3 Å². The summed E-state index contributed by atoms with van der Waals surface area (Å²) in [5, 5.41) is 23.4. The molecule has 1 heterocycles. The van der Waals surface area contributed by atoms with Gasteiger partial charge in [0.15, 0.2) is 0 Å². The van der Waals surface area contributed by atoms with Crippen LogP contribution in [0.1, 0.15) is 0 Å². The molecule has 10 heteroatoms. The molecule has 2 N–H and O–H groups in total. The van der Waals surface area contributed by atoms with E-state index in [0.717, 1.165) is 0 Å². The third kappa shape index (κ3) is 4.39. The second-order valence-electron chi connectivity index (χ2n) is 6.27. The van der Waals surface area contributed by atoms with Crippen LogP contribution in [0.2, 0.25) is 0 Å². The maximum absolute atomic E-state index is 12.6. The molecule has 0 unspecified atom stereocenters. The van der Waals surface area contributed by atoms with Crippen LogP contribution in [0.4, 0.5) is 11.4 Å². The number of benzene rings is 2. The van der Waals surface area contributed by atoms with Crippen LogP contribution in [0.25, 0.3) is 0 Å². The largest absolute Gasteiger partial charge is 0.466 e. The summed E-state index contributed by atoms with van der Waals surface area (Å²) in [5.74, 6) is -0.560. The molecule has 0 fully saturated rings. The molecule has 156 valence electrons. The topological polar surface area (TPSA) is 131 Å². The molecule has 1 aliphatic heterocycles. The van der Waals surface area contributed by atoms with E-state index in [9.17, 15) is 19.7 Å². The molecule has 30 heavy (non-hydrogen) atoms. The number of nitro groups is 1. The number of methoxy groups -OCH3 is 1. The zero-order valence-electron chi connectivity index (χ0n) is 16.0. The van der Waals surface area contributed by atoms with Crippen LogP contribution < -0.4 is 10.1 Å². The summed E-state index contributed by atoms with van der Waals surface area (Å²) in [6.07, 6.45) is 0. The number of para-hydroxylation sites is 1. The first-order valence-electron chi connectivity index (χ1n) is 8.94. The van der Waals surface area contributed by atoms with E-state index in [2.05, 4.69) is 5.32 Å². The molecular weight excluding hydrogens is 394 g/mol. The van der Waals surface area contributed by atoms with Crippen molar-refractivity contribution in [1.82, 2.24) is 4.90 Å². The highest BCUT2D eigenvalue weighted by molar-refractivity contribution is 6.08. The second kappa shape index (κ2) is 9.05. The number of rotatable bonds is 8. The Balaban J connectivity index is 1.93. The van der Waals surface area contributed by atoms with Gasteiger partial charge in [0.05, 0.1) is 36.8 Å². The van der Waals surface area contributed by atoms with Crippen LogP contribution in [-0.4, -0.2) is 53.6 Å². The molecule has 1 amide bonds. The highest BCUT2D eigenvalue weighted by Gasteiger charge is 2.35. The van der Waals surface area contributed by atoms with Gasteiger partial charge in [-0.3, -0.25) is 14.9 Å². The van der Waals surface area contributed by atoms with Gasteiger partial charge in [0, 0.05) is 6.54 Å². The highest BCUT2D eigenvalue weighted by atomic mass is 16.6. The van der Waals surface area contributed by atoms with Crippen molar-refractivity contribution in [3.05, 3.63) is 69.9 Å². The Bertz CT molecular complexity index is 1000. The van der Waals surface area contributed by atoms with Crippen LogP contribution in [-0.2, 0) is 14.3 Å². The summed E-state index contributed by atoms with van der Waals surface area (Å²) in [5.41, 5.74) is -0.436. The predicted octanol–water partition coefficient (Wildman–Crippen LogP) is 2.06. The molecular formula is C20H19N3O7. The first-order chi connectivity index (χ1) is 14.4. The van der Waals surface area contributed by atoms with Gasteiger partial charge in [-0.15, -0.1) is 0 Å². The second-order valence-corrected chi connectivity index (χ2v) is 6.27. The number of hydrogen-bond donors (Lipinski definition) is 2. The molecule has 2 aromatic rings. The summed E-state index contributed by atoms with van der Waals surface area (Å²) in [6, 6.07) is 12.9. The normalized spacial score (nSPS) is 13.4. The molecule has 10 nitrogen and oxygen atoms in total. The van der Waals surface area contributed by atoms with Crippen molar-refractivity contribution in [2.24, 2.45) is 0 Å². The number of carbonyl (C=O) groups excluding carboxylic acids is 2. The molecule has 2 aromatic carbocycles. The van der Waals surface area contributed by atoms with Crippen molar-refractivity contribution >= 4 is 23.3 Å². The Morgan fingerprint density at radius 3 is 2.60 bits per heavy atom. The quantitative estimate of drug-likeness (QED) is 0.382. The molecule has 0 aromatic heterocycles. The predicted molar refractivity (Wildman–Crippen MR) is 106 cm³/mol.